The van der Waals surface area contributed by atoms with Crippen molar-refractivity contribution in [2.75, 3.05) is 0 Å². The zero-order chi connectivity index (χ0) is 5.72. The molecule has 4 unspecified atom stereocenters. The van der Waals surface area contributed by atoms with Crippen LogP contribution >= 0.6 is 0 Å². The van der Waals surface area contributed by atoms with Crippen molar-refractivity contribution in [2.45, 2.75) is 25.0 Å². The molecule has 2 N–H and O–H groups in total. The molecule has 2 aliphatic rings. The van der Waals surface area contributed by atoms with Crippen molar-refractivity contribution < 1.29 is 10.2 Å². The molecule has 0 aromatic heterocycles. The smallest absolute Gasteiger partial charge is 0.0833 e. The Bertz CT molecular complexity index is 87.1. The van der Waals surface area contributed by atoms with E-state index >= 15 is 0 Å². The average Bonchev–Trinajstić information content (AvgIpc) is 1.64. The topological polar surface area (TPSA) is 40.5 Å². The summed E-state index contributed by atoms with van der Waals surface area (Å²) in [5.41, 5.74) is 0. The van der Waals surface area contributed by atoms with E-state index < -0.39 is 0 Å². The molecule has 0 aromatic carbocycles. The lowest BCUT2D eigenvalue weighted by molar-refractivity contribution is -0.199. The predicted octanol–water partition coefficient (Wildman–Crippen LogP) is -0.252. The first-order valence-electron chi connectivity index (χ1n) is 3.17. The quantitative estimate of drug-likeness (QED) is 0.456. The van der Waals surface area contributed by atoms with Crippen molar-refractivity contribution in [2.24, 2.45) is 11.8 Å². The molecule has 0 aromatic rings. The standard InChI is InChI=1S/C6H10O2/c7-5-3-1-2-4(3)6(5)8/h3-8H,1-2H2. The highest BCUT2D eigenvalue weighted by atomic mass is 16.3. The summed E-state index contributed by atoms with van der Waals surface area (Å²) in [6.45, 7) is 0. The molecule has 2 fully saturated rings. The fourth-order valence-electron chi connectivity index (χ4n) is 1.76. The lowest BCUT2D eigenvalue weighted by Gasteiger charge is -2.54. The van der Waals surface area contributed by atoms with Crippen molar-refractivity contribution in [3.05, 3.63) is 0 Å². The summed E-state index contributed by atoms with van der Waals surface area (Å²) in [5, 5.41) is 17.9. The third kappa shape index (κ3) is 0.327. The lowest BCUT2D eigenvalue weighted by atomic mass is 9.56. The Morgan fingerprint density at radius 3 is 1.38 bits per heavy atom. The van der Waals surface area contributed by atoms with Crippen LogP contribution in [0.25, 0.3) is 0 Å². The monoisotopic (exact) mass is 114 g/mol. The number of aliphatic hydroxyl groups excluding tert-OH is 2. The van der Waals surface area contributed by atoms with Gasteiger partial charge in [0.1, 0.15) is 0 Å². The highest BCUT2D eigenvalue weighted by molar-refractivity contribution is 5.03. The van der Waals surface area contributed by atoms with Crippen LogP contribution in [0.4, 0.5) is 0 Å². The number of aliphatic hydroxyl groups is 2. The normalized spacial score (nSPS) is 60.8. The van der Waals surface area contributed by atoms with Gasteiger partial charge in [-0.15, -0.1) is 0 Å². The van der Waals surface area contributed by atoms with Crippen molar-refractivity contribution in [3.8, 4) is 0 Å². The minimum Gasteiger partial charge on any atom is -0.390 e. The number of hydrogen-bond donors (Lipinski definition) is 2. The van der Waals surface area contributed by atoms with Gasteiger partial charge in [-0.2, -0.15) is 0 Å². The molecule has 0 aliphatic heterocycles. The highest BCUT2D eigenvalue weighted by Crippen LogP contribution is 2.49. The van der Waals surface area contributed by atoms with Gasteiger partial charge in [0.05, 0.1) is 12.2 Å². The first-order chi connectivity index (χ1) is 3.80. The zero-order valence-electron chi connectivity index (χ0n) is 4.62. The van der Waals surface area contributed by atoms with Crippen molar-refractivity contribution in [1.29, 1.82) is 0 Å². The maximum absolute atomic E-state index is 8.96. The molecule has 0 radical (unpaired) electrons. The summed E-state index contributed by atoms with van der Waals surface area (Å²) in [6, 6.07) is 0. The molecule has 0 heterocycles. The summed E-state index contributed by atoms with van der Waals surface area (Å²) in [4.78, 5) is 0. The second-order valence-electron chi connectivity index (χ2n) is 2.89. The van der Waals surface area contributed by atoms with E-state index in [2.05, 4.69) is 0 Å². The Morgan fingerprint density at radius 2 is 1.25 bits per heavy atom. The van der Waals surface area contributed by atoms with Crippen LogP contribution in [0, 0.1) is 11.8 Å². The maximum atomic E-state index is 8.96. The maximum Gasteiger partial charge on any atom is 0.0833 e. The van der Waals surface area contributed by atoms with Gasteiger partial charge in [-0.25, -0.2) is 0 Å². The van der Waals surface area contributed by atoms with Gasteiger partial charge in [-0.1, -0.05) is 0 Å². The predicted molar refractivity (Wildman–Crippen MR) is 28.2 cm³/mol. The van der Waals surface area contributed by atoms with Crippen molar-refractivity contribution >= 4 is 0 Å². The van der Waals surface area contributed by atoms with Crippen molar-refractivity contribution in [1.82, 2.24) is 0 Å². The van der Waals surface area contributed by atoms with Crippen LogP contribution in [0.5, 0.6) is 0 Å². The molecular formula is C6H10O2. The molecule has 0 amide bonds. The van der Waals surface area contributed by atoms with Crippen LogP contribution in [-0.4, -0.2) is 22.4 Å². The minimum atomic E-state index is -0.381. The van der Waals surface area contributed by atoms with Gasteiger partial charge in [0, 0.05) is 0 Å². The molecule has 0 spiro atoms. The Balaban J connectivity index is 2.03. The molecule has 8 heavy (non-hydrogen) atoms. The molecule has 2 heteroatoms. The van der Waals surface area contributed by atoms with Gasteiger partial charge < -0.3 is 10.2 Å². The van der Waals surface area contributed by atoms with Gasteiger partial charge in [0.15, 0.2) is 0 Å². The van der Waals surface area contributed by atoms with Gasteiger partial charge in [0.2, 0.25) is 0 Å². The van der Waals surface area contributed by atoms with Crippen LogP contribution in [0.2, 0.25) is 0 Å². The second kappa shape index (κ2) is 1.25. The van der Waals surface area contributed by atoms with E-state index in [4.69, 9.17) is 10.2 Å². The van der Waals surface area contributed by atoms with E-state index in [9.17, 15) is 0 Å². The molecular weight excluding hydrogens is 104 g/mol. The Hall–Kier alpha value is -0.0800. The summed E-state index contributed by atoms with van der Waals surface area (Å²) in [7, 11) is 0. The van der Waals surface area contributed by atoms with E-state index in [-0.39, 0.29) is 12.2 Å². The van der Waals surface area contributed by atoms with E-state index in [1.165, 1.54) is 0 Å². The van der Waals surface area contributed by atoms with E-state index in [0.717, 1.165) is 12.8 Å². The van der Waals surface area contributed by atoms with Gasteiger partial charge in [-0.05, 0) is 24.7 Å². The van der Waals surface area contributed by atoms with Gasteiger partial charge in [-0.3, -0.25) is 0 Å². The fourth-order valence-corrected chi connectivity index (χ4v) is 1.76. The molecule has 46 valence electrons. The summed E-state index contributed by atoms with van der Waals surface area (Å²) in [5.74, 6) is 0.926. The molecule has 2 nitrogen and oxygen atoms in total. The van der Waals surface area contributed by atoms with Crippen LogP contribution in [-0.2, 0) is 0 Å². The molecule has 2 rings (SSSR count). The lowest BCUT2D eigenvalue weighted by Crippen LogP contribution is -2.60. The molecule has 2 aliphatic carbocycles. The molecule has 2 saturated carbocycles. The molecule has 0 bridgehead atoms. The Morgan fingerprint density at radius 1 is 0.875 bits per heavy atom. The second-order valence-corrected chi connectivity index (χ2v) is 2.89. The first-order valence-corrected chi connectivity index (χ1v) is 3.17. The Labute approximate surface area is 48.1 Å². The highest BCUT2D eigenvalue weighted by Gasteiger charge is 2.53. The molecule has 0 saturated heterocycles. The van der Waals surface area contributed by atoms with Crippen LogP contribution in [0.15, 0.2) is 0 Å². The number of rotatable bonds is 0. The van der Waals surface area contributed by atoms with Crippen LogP contribution in [0.3, 0.4) is 0 Å². The SMILES string of the molecule is OC1C(O)C2CCC12. The van der Waals surface area contributed by atoms with E-state index in [1.54, 1.807) is 0 Å². The van der Waals surface area contributed by atoms with E-state index in [1.807, 2.05) is 0 Å². The zero-order valence-corrected chi connectivity index (χ0v) is 4.62. The third-order valence-corrected chi connectivity index (χ3v) is 2.61. The minimum absolute atomic E-state index is 0.381. The van der Waals surface area contributed by atoms with Gasteiger partial charge >= 0.3 is 0 Å². The first kappa shape index (κ1) is 4.77. The van der Waals surface area contributed by atoms with Crippen LogP contribution < -0.4 is 0 Å². The Kier molecular flexibility index (Phi) is 0.746. The average molecular weight is 114 g/mol. The summed E-state index contributed by atoms with van der Waals surface area (Å²) >= 11 is 0. The largest absolute Gasteiger partial charge is 0.390 e. The summed E-state index contributed by atoms with van der Waals surface area (Å²) < 4.78 is 0. The number of fused-ring (bicyclic) bond motifs is 1. The fraction of sp³-hybridized carbons (Fsp3) is 1.00. The van der Waals surface area contributed by atoms with E-state index in [0.29, 0.717) is 11.8 Å². The summed E-state index contributed by atoms with van der Waals surface area (Å²) in [6.07, 6.45) is 1.49. The van der Waals surface area contributed by atoms with Crippen LogP contribution in [0.1, 0.15) is 12.8 Å². The number of hydrogen-bond acceptors (Lipinski definition) is 2. The van der Waals surface area contributed by atoms with Gasteiger partial charge in [0.25, 0.3) is 0 Å². The molecule has 4 atom stereocenters. The third-order valence-electron chi connectivity index (χ3n) is 2.61. The van der Waals surface area contributed by atoms with Crippen molar-refractivity contribution in [3.63, 3.8) is 0 Å².